The lowest BCUT2D eigenvalue weighted by atomic mass is 9.92. The summed E-state index contributed by atoms with van der Waals surface area (Å²) in [4.78, 5) is 2.86. The summed E-state index contributed by atoms with van der Waals surface area (Å²) < 4.78 is 33.3. The topological polar surface area (TPSA) is 49.9 Å². The molecule has 0 bridgehead atoms. The van der Waals surface area contributed by atoms with Gasteiger partial charge in [-0.25, -0.2) is 12.7 Å². The number of benzene rings is 3. The molecular weight excluding hydrogens is 492 g/mol. The molecule has 0 N–H and O–H groups in total. The average Bonchev–Trinajstić information content (AvgIpc) is 2.91. The van der Waals surface area contributed by atoms with Gasteiger partial charge in [0.25, 0.3) is 0 Å². The number of piperidine rings is 1. The van der Waals surface area contributed by atoms with E-state index in [1.165, 1.54) is 22.7 Å². The van der Waals surface area contributed by atoms with Gasteiger partial charge in [0.15, 0.2) is 0 Å². The molecule has 36 heavy (non-hydrogen) atoms. The van der Waals surface area contributed by atoms with Crippen LogP contribution in [-0.2, 0) is 10.0 Å². The van der Waals surface area contributed by atoms with E-state index in [0.29, 0.717) is 22.5 Å². The fraction of sp³-hybridized carbons (Fsp3) is 0.379. The van der Waals surface area contributed by atoms with Crippen molar-refractivity contribution in [2.45, 2.75) is 42.5 Å². The fourth-order valence-electron chi connectivity index (χ4n) is 5.09. The van der Waals surface area contributed by atoms with Crippen LogP contribution in [0.3, 0.4) is 0 Å². The maximum absolute atomic E-state index is 13.2. The minimum Gasteiger partial charge on any atom is -0.497 e. The Morgan fingerprint density at radius 3 is 2.47 bits per heavy atom. The van der Waals surface area contributed by atoms with Gasteiger partial charge in [0.2, 0.25) is 10.0 Å². The van der Waals surface area contributed by atoms with Gasteiger partial charge in [0.1, 0.15) is 5.75 Å². The number of rotatable bonds is 10. The number of likely N-dealkylation sites (N-methyl/N-ethyl adjacent to an activating group) is 1. The Kier molecular flexibility index (Phi) is 9.07. The van der Waals surface area contributed by atoms with Crippen LogP contribution in [0, 0.1) is 0 Å². The lowest BCUT2D eigenvalue weighted by Crippen LogP contribution is -2.36. The highest BCUT2D eigenvalue weighted by Gasteiger charge is 2.28. The van der Waals surface area contributed by atoms with Crippen LogP contribution in [0.4, 0.5) is 0 Å². The van der Waals surface area contributed by atoms with Crippen molar-refractivity contribution in [3.63, 3.8) is 0 Å². The molecule has 0 aromatic heterocycles. The second kappa shape index (κ2) is 12.2. The maximum Gasteiger partial charge on any atom is 0.242 e. The van der Waals surface area contributed by atoms with Gasteiger partial charge in [-0.1, -0.05) is 60.5 Å². The van der Waals surface area contributed by atoms with Crippen molar-refractivity contribution in [2.24, 2.45) is 0 Å². The Balaban J connectivity index is 1.53. The lowest BCUT2D eigenvalue weighted by Gasteiger charge is -2.37. The van der Waals surface area contributed by atoms with Crippen molar-refractivity contribution in [1.82, 2.24) is 9.21 Å². The molecule has 4 rings (SSSR count). The molecule has 0 aliphatic carbocycles. The van der Waals surface area contributed by atoms with Crippen LogP contribution in [0.2, 0.25) is 5.02 Å². The molecule has 0 saturated carbocycles. The zero-order chi connectivity index (χ0) is 25.5. The molecule has 1 heterocycles. The lowest BCUT2D eigenvalue weighted by molar-refractivity contribution is 0.142. The summed E-state index contributed by atoms with van der Waals surface area (Å²) >= 11 is 6.34. The monoisotopic (exact) mass is 526 g/mol. The Bertz CT molecular complexity index is 1220. The first kappa shape index (κ1) is 26.7. The minimum atomic E-state index is -3.58. The second-order valence-corrected chi connectivity index (χ2v) is 11.9. The number of ether oxygens (including phenoxy) is 1. The van der Waals surface area contributed by atoms with Crippen LogP contribution in [0.15, 0.2) is 83.8 Å². The molecule has 192 valence electrons. The predicted molar refractivity (Wildman–Crippen MR) is 146 cm³/mol. The van der Waals surface area contributed by atoms with Crippen molar-refractivity contribution < 1.29 is 13.2 Å². The summed E-state index contributed by atoms with van der Waals surface area (Å²) in [5, 5.41) is 0.667. The Morgan fingerprint density at radius 2 is 1.78 bits per heavy atom. The molecule has 2 atom stereocenters. The van der Waals surface area contributed by atoms with Gasteiger partial charge in [0, 0.05) is 24.7 Å². The standard InChI is InChI=1S/C29H35ClN2O3S/c1-31(36(33,34)28-11-4-3-5-12-28)22-25(24-9-8-10-26(30)21-24)18-20-32-19-7-6-13-29(32)23-14-16-27(35-2)17-15-23/h3-5,8-12,14-17,21,25,29H,6-7,13,18-20,22H2,1-2H3/t25-,29+/m1/s1. The van der Waals surface area contributed by atoms with E-state index in [2.05, 4.69) is 23.1 Å². The quantitative estimate of drug-likeness (QED) is 0.308. The Hall–Kier alpha value is -2.38. The molecular formula is C29H35ClN2O3S. The highest BCUT2D eigenvalue weighted by atomic mass is 35.5. The van der Waals surface area contributed by atoms with Crippen molar-refractivity contribution >= 4 is 21.6 Å². The number of likely N-dealkylation sites (tertiary alicyclic amines) is 1. The van der Waals surface area contributed by atoms with Crippen LogP contribution in [0.25, 0.3) is 0 Å². The molecule has 1 aliphatic heterocycles. The summed E-state index contributed by atoms with van der Waals surface area (Å²) in [5.74, 6) is 0.885. The summed E-state index contributed by atoms with van der Waals surface area (Å²) in [6, 6.07) is 25.2. The molecule has 3 aromatic carbocycles. The number of methoxy groups -OCH3 is 1. The van der Waals surface area contributed by atoms with Gasteiger partial charge in [-0.15, -0.1) is 0 Å². The van der Waals surface area contributed by atoms with E-state index >= 15 is 0 Å². The molecule has 5 nitrogen and oxygen atoms in total. The first-order chi connectivity index (χ1) is 17.4. The van der Waals surface area contributed by atoms with Crippen LogP contribution < -0.4 is 4.74 Å². The van der Waals surface area contributed by atoms with Gasteiger partial charge >= 0.3 is 0 Å². The SMILES string of the molecule is COc1ccc([C@@H]2CCCCN2CC[C@H](CN(C)S(=O)(=O)c2ccccc2)c2cccc(Cl)c2)cc1. The summed E-state index contributed by atoms with van der Waals surface area (Å²) in [7, 11) is -0.226. The molecule has 0 unspecified atom stereocenters. The number of halogens is 1. The van der Waals surface area contributed by atoms with Gasteiger partial charge in [-0.3, -0.25) is 4.90 Å². The van der Waals surface area contributed by atoms with Gasteiger partial charge in [0.05, 0.1) is 12.0 Å². The molecule has 0 amide bonds. The minimum absolute atomic E-state index is 0.0191. The third kappa shape index (κ3) is 6.48. The van der Waals surface area contributed by atoms with Crippen LogP contribution in [0.1, 0.15) is 48.8 Å². The third-order valence-corrected chi connectivity index (χ3v) is 9.20. The number of hydrogen-bond donors (Lipinski definition) is 0. The second-order valence-electron chi connectivity index (χ2n) is 9.46. The normalized spacial score (nSPS) is 17.7. The van der Waals surface area contributed by atoms with Crippen LogP contribution in [0.5, 0.6) is 5.75 Å². The number of nitrogens with zero attached hydrogens (tertiary/aromatic N) is 2. The van der Waals surface area contributed by atoms with Crippen LogP contribution in [-0.4, -0.2) is 51.4 Å². The third-order valence-electron chi connectivity index (χ3n) is 7.13. The van der Waals surface area contributed by atoms with Crippen molar-refractivity contribution in [3.05, 3.63) is 95.0 Å². The Labute approximate surface area is 220 Å². The first-order valence-electron chi connectivity index (χ1n) is 12.5. The first-order valence-corrected chi connectivity index (χ1v) is 14.3. The van der Waals surface area contributed by atoms with Crippen molar-refractivity contribution in [3.8, 4) is 5.75 Å². The Morgan fingerprint density at radius 1 is 1.03 bits per heavy atom. The molecule has 1 saturated heterocycles. The molecule has 7 heteroatoms. The van der Waals surface area contributed by atoms with E-state index in [1.54, 1.807) is 38.4 Å². The fourth-order valence-corrected chi connectivity index (χ4v) is 6.52. The smallest absolute Gasteiger partial charge is 0.242 e. The molecule has 3 aromatic rings. The van der Waals surface area contributed by atoms with Gasteiger partial charge in [-0.2, -0.15) is 0 Å². The van der Waals surface area contributed by atoms with E-state index in [0.717, 1.165) is 37.2 Å². The predicted octanol–water partition coefficient (Wildman–Crippen LogP) is 6.37. The van der Waals surface area contributed by atoms with Gasteiger partial charge in [-0.05, 0) is 85.8 Å². The van der Waals surface area contributed by atoms with E-state index in [9.17, 15) is 8.42 Å². The zero-order valence-electron chi connectivity index (χ0n) is 21.0. The number of sulfonamides is 1. The largest absolute Gasteiger partial charge is 0.497 e. The highest BCUT2D eigenvalue weighted by Crippen LogP contribution is 2.34. The average molecular weight is 527 g/mol. The van der Waals surface area contributed by atoms with Crippen molar-refractivity contribution in [1.29, 1.82) is 0 Å². The zero-order valence-corrected chi connectivity index (χ0v) is 22.6. The van der Waals surface area contributed by atoms with Crippen LogP contribution >= 0.6 is 11.6 Å². The molecule has 0 spiro atoms. The molecule has 1 fully saturated rings. The van der Waals surface area contributed by atoms with Gasteiger partial charge < -0.3 is 4.74 Å². The van der Waals surface area contributed by atoms with E-state index in [4.69, 9.17) is 16.3 Å². The highest BCUT2D eigenvalue weighted by molar-refractivity contribution is 7.89. The summed E-state index contributed by atoms with van der Waals surface area (Å²) in [5.41, 5.74) is 2.37. The summed E-state index contributed by atoms with van der Waals surface area (Å²) in [6.07, 6.45) is 4.35. The van der Waals surface area contributed by atoms with E-state index < -0.39 is 10.0 Å². The van der Waals surface area contributed by atoms with E-state index in [-0.39, 0.29) is 5.92 Å². The van der Waals surface area contributed by atoms with Crippen molar-refractivity contribution in [2.75, 3.05) is 33.8 Å². The van der Waals surface area contributed by atoms with E-state index in [1.807, 2.05) is 36.4 Å². The number of hydrogen-bond acceptors (Lipinski definition) is 4. The molecule has 0 radical (unpaired) electrons. The maximum atomic E-state index is 13.2. The molecule has 1 aliphatic rings. The summed E-state index contributed by atoms with van der Waals surface area (Å²) in [6.45, 7) is 2.31.